The maximum atomic E-state index is 14.2. The van der Waals surface area contributed by atoms with Crippen molar-refractivity contribution >= 4 is 17.5 Å². The Kier molecular flexibility index (Phi) is 7.32. The van der Waals surface area contributed by atoms with Gasteiger partial charge in [-0.15, -0.1) is 0 Å². The van der Waals surface area contributed by atoms with E-state index in [-0.39, 0.29) is 24.2 Å². The van der Waals surface area contributed by atoms with Gasteiger partial charge in [-0.3, -0.25) is 9.59 Å². The molecule has 4 aromatic rings. The summed E-state index contributed by atoms with van der Waals surface area (Å²) in [5.41, 5.74) is 4.15. The number of amides is 2. The summed E-state index contributed by atoms with van der Waals surface area (Å²) in [7, 11) is 3.14. The first-order valence-electron chi connectivity index (χ1n) is 12.6. The van der Waals surface area contributed by atoms with E-state index in [4.69, 9.17) is 9.47 Å². The summed E-state index contributed by atoms with van der Waals surface area (Å²) in [5.74, 6) is -0.366. The molecule has 4 aromatic carbocycles. The van der Waals surface area contributed by atoms with Gasteiger partial charge in [0, 0.05) is 12.1 Å². The van der Waals surface area contributed by atoms with Crippen LogP contribution in [-0.2, 0) is 11.3 Å². The molecule has 0 aromatic heterocycles. The highest BCUT2D eigenvalue weighted by Crippen LogP contribution is 2.44. The molecule has 0 saturated heterocycles. The number of aryl methyl sites for hydroxylation is 1. The normalized spacial score (nSPS) is 16.4. The minimum Gasteiger partial charge on any atom is -0.497 e. The number of hydrogen-bond donors (Lipinski definition) is 1. The van der Waals surface area contributed by atoms with Crippen LogP contribution in [0.5, 0.6) is 11.5 Å². The molecule has 39 heavy (non-hydrogen) atoms. The summed E-state index contributed by atoms with van der Waals surface area (Å²) < 4.78 is 24.5. The van der Waals surface area contributed by atoms with Crippen LogP contribution in [0.25, 0.3) is 0 Å². The molecule has 1 heterocycles. The maximum Gasteiger partial charge on any atom is 0.255 e. The fourth-order valence-electron chi connectivity index (χ4n) is 5.14. The quantitative estimate of drug-likeness (QED) is 0.309. The second-order valence-corrected chi connectivity index (χ2v) is 9.54. The second-order valence-electron chi connectivity index (χ2n) is 9.54. The third-order valence-corrected chi connectivity index (χ3v) is 7.06. The largest absolute Gasteiger partial charge is 0.497 e. The predicted octanol–water partition coefficient (Wildman–Crippen LogP) is 6.27. The predicted molar refractivity (Wildman–Crippen MR) is 148 cm³/mol. The molecule has 5 rings (SSSR count). The molecule has 0 spiro atoms. The van der Waals surface area contributed by atoms with Gasteiger partial charge in [0.2, 0.25) is 5.91 Å². The number of carbonyl (C=O) groups excluding carboxylic acids is 2. The van der Waals surface area contributed by atoms with Crippen molar-refractivity contribution in [3.63, 3.8) is 0 Å². The van der Waals surface area contributed by atoms with Crippen LogP contribution in [0.3, 0.4) is 0 Å². The van der Waals surface area contributed by atoms with Crippen LogP contribution in [0.15, 0.2) is 91.0 Å². The molecule has 0 radical (unpaired) electrons. The molecule has 2 atom stereocenters. The first-order chi connectivity index (χ1) is 18.9. The highest BCUT2D eigenvalue weighted by molar-refractivity contribution is 6.04. The summed E-state index contributed by atoms with van der Waals surface area (Å²) in [6.07, 6.45) is 0. The summed E-state index contributed by atoms with van der Waals surface area (Å²) in [6, 6.07) is 25.6. The maximum absolute atomic E-state index is 14.2. The summed E-state index contributed by atoms with van der Waals surface area (Å²) >= 11 is 0. The van der Waals surface area contributed by atoms with E-state index in [2.05, 4.69) is 5.32 Å². The Bertz CT molecular complexity index is 1500. The topological polar surface area (TPSA) is 67.9 Å². The van der Waals surface area contributed by atoms with E-state index in [1.165, 1.54) is 12.1 Å². The van der Waals surface area contributed by atoms with Crippen LogP contribution in [0.1, 0.15) is 44.6 Å². The third-order valence-electron chi connectivity index (χ3n) is 7.06. The van der Waals surface area contributed by atoms with E-state index < -0.39 is 12.0 Å². The Morgan fingerprint density at radius 1 is 0.923 bits per heavy atom. The lowest BCUT2D eigenvalue weighted by atomic mass is 9.79. The van der Waals surface area contributed by atoms with Gasteiger partial charge in [0.25, 0.3) is 5.91 Å². The molecule has 0 saturated carbocycles. The molecular weight excluding hydrogens is 495 g/mol. The van der Waals surface area contributed by atoms with Gasteiger partial charge in [-0.25, -0.2) is 4.39 Å². The van der Waals surface area contributed by atoms with Gasteiger partial charge >= 0.3 is 0 Å². The lowest BCUT2D eigenvalue weighted by Crippen LogP contribution is -2.45. The standard InChI is InChI=1S/C32H29FN2O4/c1-20-8-17-28(39-3)27(18-20)34-31(36)29-25-6-4-5-7-26(25)32(37)35(19-21-9-13-23(33)14-10-21)30(29)22-11-15-24(38-2)16-12-22/h4-18,29-30H,19H2,1-3H3,(H,34,36)/t29-,30-/m1/s1. The zero-order valence-corrected chi connectivity index (χ0v) is 22.0. The van der Waals surface area contributed by atoms with Crippen molar-refractivity contribution in [3.05, 3.63) is 125 Å². The van der Waals surface area contributed by atoms with Gasteiger partial charge < -0.3 is 19.7 Å². The van der Waals surface area contributed by atoms with Crippen LogP contribution in [0, 0.1) is 12.7 Å². The number of fused-ring (bicyclic) bond motifs is 1. The number of rotatable bonds is 7. The second kappa shape index (κ2) is 11.0. The molecule has 1 N–H and O–H groups in total. The van der Waals surface area contributed by atoms with Crippen LogP contribution < -0.4 is 14.8 Å². The zero-order chi connectivity index (χ0) is 27.5. The number of hydrogen-bond acceptors (Lipinski definition) is 4. The summed E-state index contributed by atoms with van der Waals surface area (Å²) in [5, 5.41) is 3.07. The zero-order valence-electron chi connectivity index (χ0n) is 22.0. The monoisotopic (exact) mass is 524 g/mol. The average Bonchev–Trinajstić information content (AvgIpc) is 2.95. The molecule has 2 amide bonds. The van der Waals surface area contributed by atoms with E-state index in [1.807, 2.05) is 61.5 Å². The fourth-order valence-corrected chi connectivity index (χ4v) is 5.14. The van der Waals surface area contributed by atoms with Gasteiger partial charge in [-0.2, -0.15) is 0 Å². The Labute approximate surface area is 227 Å². The van der Waals surface area contributed by atoms with Crippen molar-refractivity contribution in [2.45, 2.75) is 25.4 Å². The molecule has 1 aliphatic rings. The third kappa shape index (κ3) is 5.21. The first kappa shape index (κ1) is 26.0. The number of anilines is 1. The molecule has 1 aliphatic heterocycles. The van der Waals surface area contributed by atoms with E-state index in [0.717, 1.165) is 16.7 Å². The minimum atomic E-state index is -0.738. The lowest BCUT2D eigenvalue weighted by Gasteiger charge is -2.42. The molecule has 6 nitrogen and oxygen atoms in total. The Balaban J connectivity index is 1.64. The molecule has 0 unspecified atom stereocenters. The van der Waals surface area contributed by atoms with Crippen molar-refractivity contribution in [1.82, 2.24) is 4.90 Å². The Morgan fingerprint density at radius 3 is 2.33 bits per heavy atom. The average molecular weight is 525 g/mol. The number of nitrogens with one attached hydrogen (secondary N) is 1. The van der Waals surface area contributed by atoms with Gasteiger partial charge in [0.05, 0.1) is 31.9 Å². The van der Waals surface area contributed by atoms with Crippen LogP contribution in [0.2, 0.25) is 0 Å². The number of carbonyl (C=O) groups is 2. The van der Waals surface area contributed by atoms with Crippen LogP contribution in [-0.4, -0.2) is 30.9 Å². The summed E-state index contributed by atoms with van der Waals surface area (Å²) in [4.78, 5) is 29.8. The van der Waals surface area contributed by atoms with Gasteiger partial charge in [-0.1, -0.05) is 48.5 Å². The highest BCUT2D eigenvalue weighted by Gasteiger charge is 2.44. The van der Waals surface area contributed by atoms with Crippen LogP contribution >= 0.6 is 0 Å². The van der Waals surface area contributed by atoms with E-state index in [1.54, 1.807) is 43.4 Å². The molecule has 7 heteroatoms. The summed E-state index contributed by atoms with van der Waals surface area (Å²) in [6.45, 7) is 2.13. The minimum absolute atomic E-state index is 0.196. The van der Waals surface area contributed by atoms with Crippen molar-refractivity contribution in [1.29, 1.82) is 0 Å². The number of halogens is 1. The molecular formula is C32H29FN2O4. The van der Waals surface area contributed by atoms with Crippen molar-refractivity contribution in [2.75, 3.05) is 19.5 Å². The highest BCUT2D eigenvalue weighted by atomic mass is 19.1. The fraction of sp³-hybridized carbons (Fsp3) is 0.188. The lowest BCUT2D eigenvalue weighted by molar-refractivity contribution is -0.119. The van der Waals surface area contributed by atoms with E-state index in [9.17, 15) is 14.0 Å². The van der Waals surface area contributed by atoms with E-state index in [0.29, 0.717) is 28.3 Å². The van der Waals surface area contributed by atoms with Gasteiger partial charge in [0.15, 0.2) is 0 Å². The van der Waals surface area contributed by atoms with Crippen molar-refractivity contribution in [2.24, 2.45) is 0 Å². The smallest absolute Gasteiger partial charge is 0.255 e. The van der Waals surface area contributed by atoms with Gasteiger partial charge in [0.1, 0.15) is 17.3 Å². The van der Waals surface area contributed by atoms with Crippen molar-refractivity contribution in [3.8, 4) is 11.5 Å². The Morgan fingerprint density at radius 2 is 1.64 bits per heavy atom. The van der Waals surface area contributed by atoms with E-state index >= 15 is 0 Å². The molecule has 0 aliphatic carbocycles. The van der Waals surface area contributed by atoms with Crippen LogP contribution in [0.4, 0.5) is 10.1 Å². The molecule has 0 bridgehead atoms. The number of ether oxygens (including phenoxy) is 2. The number of methoxy groups -OCH3 is 2. The van der Waals surface area contributed by atoms with Crippen molar-refractivity contribution < 1.29 is 23.5 Å². The number of nitrogens with zero attached hydrogens (tertiary/aromatic N) is 1. The molecule has 0 fully saturated rings. The Hall–Kier alpha value is -4.65. The SMILES string of the molecule is COc1ccc([C@@H]2[C@H](C(=O)Nc3cc(C)ccc3OC)c3ccccc3C(=O)N2Cc2ccc(F)cc2)cc1. The number of benzene rings is 4. The molecule has 198 valence electrons. The van der Waals surface area contributed by atoms with Gasteiger partial charge in [-0.05, 0) is 71.6 Å². The first-order valence-corrected chi connectivity index (χ1v) is 12.6.